The van der Waals surface area contributed by atoms with E-state index in [9.17, 15) is 13.2 Å². The number of sulfonamides is 1. The Labute approximate surface area is 176 Å². The number of anilines is 1. The van der Waals surface area contributed by atoms with Crippen LogP contribution in [0.1, 0.15) is 38.2 Å². The summed E-state index contributed by atoms with van der Waals surface area (Å²) < 4.78 is 32.8. The number of amides is 1. The predicted molar refractivity (Wildman–Crippen MR) is 114 cm³/mol. The Bertz CT molecular complexity index is 969. The van der Waals surface area contributed by atoms with E-state index >= 15 is 0 Å². The van der Waals surface area contributed by atoms with Gasteiger partial charge in [0, 0.05) is 23.8 Å². The van der Waals surface area contributed by atoms with Crippen molar-refractivity contribution in [3.8, 4) is 5.75 Å². The molecule has 0 radical (unpaired) electrons. The summed E-state index contributed by atoms with van der Waals surface area (Å²) in [7, 11) is -3.72. The summed E-state index contributed by atoms with van der Waals surface area (Å²) in [6.45, 7) is 4.83. The number of nitrogens with one attached hydrogen (secondary N) is 1. The molecule has 8 heteroatoms. The minimum absolute atomic E-state index is 0.0130. The van der Waals surface area contributed by atoms with Crippen molar-refractivity contribution in [3.05, 3.63) is 53.1 Å². The molecule has 2 aromatic rings. The minimum Gasteiger partial charge on any atom is -0.482 e. The molecule has 0 saturated carbocycles. The summed E-state index contributed by atoms with van der Waals surface area (Å²) in [5, 5.41) is 3.05. The standard InChI is InChI=1S/C21H25ClN2O4S/c1-15(2)16-5-8-18(9-6-16)23-21(25)14-28-19-10-7-17(22)13-20(19)29(26,27)24-11-3-4-12-24/h5-10,13,15H,3-4,11-12,14H2,1-2H3,(H,23,25). The molecule has 0 atom stereocenters. The van der Waals surface area contributed by atoms with Crippen LogP contribution in [0.5, 0.6) is 5.75 Å². The summed E-state index contributed by atoms with van der Waals surface area (Å²) in [5.41, 5.74) is 1.83. The molecule has 2 aromatic carbocycles. The number of rotatable bonds is 7. The van der Waals surface area contributed by atoms with Crippen LogP contribution in [0.25, 0.3) is 0 Å². The lowest BCUT2D eigenvalue weighted by molar-refractivity contribution is -0.118. The van der Waals surface area contributed by atoms with Gasteiger partial charge < -0.3 is 10.1 Å². The monoisotopic (exact) mass is 436 g/mol. The van der Waals surface area contributed by atoms with Gasteiger partial charge in [-0.05, 0) is 54.7 Å². The molecular weight excluding hydrogens is 412 g/mol. The number of nitrogens with zero attached hydrogens (tertiary/aromatic N) is 1. The zero-order valence-corrected chi connectivity index (χ0v) is 18.1. The Hall–Kier alpha value is -2.09. The fourth-order valence-corrected chi connectivity index (χ4v) is 5.07. The van der Waals surface area contributed by atoms with Gasteiger partial charge in [0.1, 0.15) is 10.6 Å². The molecule has 0 bridgehead atoms. The third-order valence-corrected chi connectivity index (χ3v) is 6.96. The first-order valence-corrected chi connectivity index (χ1v) is 11.4. The largest absolute Gasteiger partial charge is 0.482 e. The SMILES string of the molecule is CC(C)c1ccc(NC(=O)COc2ccc(Cl)cc2S(=O)(=O)N2CCCC2)cc1. The van der Waals surface area contributed by atoms with Crippen molar-refractivity contribution in [2.75, 3.05) is 25.0 Å². The van der Waals surface area contributed by atoms with E-state index in [-0.39, 0.29) is 23.2 Å². The molecule has 0 aliphatic carbocycles. The molecule has 1 aliphatic rings. The van der Waals surface area contributed by atoms with Crippen LogP contribution < -0.4 is 10.1 Å². The van der Waals surface area contributed by atoms with Gasteiger partial charge in [-0.3, -0.25) is 4.79 Å². The average Bonchev–Trinajstić information content (AvgIpc) is 3.23. The minimum atomic E-state index is -3.72. The van der Waals surface area contributed by atoms with E-state index < -0.39 is 10.0 Å². The molecule has 1 amide bonds. The van der Waals surface area contributed by atoms with Gasteiger partial charge in [0.2, 0.25) is 10.0 Å². The lowest BCUT2D eigenvalue weighted by Gasteiger charge is -2.18. The number of ether oxygens (including phenoxy) is 1. The summed E-state index contributed by atoms with van der Waals surface area (Å²) >= 11 is 6.02. The predicted octanol–water partition coefficient (Wildman–Crippen LogP) is 4.27. The summed E-state index contributed by atoms with van der Waals surface area (Å²) in [6, 6.07) is 12.0. The van der Waals surface area contributed by atoms with Crippen LogP contribution in [0.15, 0.2) is 47.4 Å². The van der Waals surface area contributed by atoms with Gasteiger partial charge in [0.25, 0.3) is 5.91 Å². The molecule has 29 heavy (non-hydrogen) atoms. The van der Waals surface area contributed by atoms with E-state index in [0.717, 1.165) is 12.8 Å². The molecule has 0 unspecified atom stereocenters. The molecule has 1 fully saturated rings. The van der Waals surface area contributed by atoms with Crippen molar-refractivity contribution in [2.45, 2.75) is 37.5 Å². The number of hydrogen-bond donors (Lipinski definition) is 1. The molecule has 1 aliphatic heterocycles. The number of carbonyl (C=O) groups excluding carboxylic acids is 1. The molecule has 3 rings (SSSR count). The van der Waals surface area contributed by atoms with Gasteiger partial charge in [-0.2, -0.15) is 4.31 Å². The summed E-state index contributed by atoms with van der Waals surface area (Å²) in [6.07, 6.45) is 1.65. The highest BCUT2D eigenvalue weighted by atomic mass is 35.5. The van der Waals surface area contributed by atoms with Crippen LogP contribution in [0, 0.1) is 0 Å². The molecule has 0 spiro atoms. The third kappa shape index (κ3) is 5.29. The maximum absolute atomic E-state index is 12.9. The Morgan fingerprint density at radius 3 is 2.41 bits per heavy atom. The molecule has 1 N–H and O–H groups in total. The Morgan fingerprint density at radius 1 is 1.14 bits per heavy atom. The maximum Gasteiger partial charge on any atom is 0.262 e. The van der Waals surface area contributed by atoms with Crippen LogP contribution in [-0.2, 0) is 14.8 Å². The van der Waals surface area contributed by atoms with Crippen LogP contribution in [-0.4, -0.2) is 38.3 Å². The smallest absolute Gasteiger partial charge is 0.262 e. The van der Waals surface area contributed by atoms with Crippen molar-refractivity contribution in [1.29, 1.82) is 0 Å². The second-order valence-corrected chi connectivity index (χ2v) is 9.66. The van der Waals surface area contributed by atoms with Crippen molar-refractivity contribution in [1.82, 2.24) is 4.31 Å². The number of benzene rings is 2. The first-order chi connectivity index (χ1) is 13.8. The molecule has 6 nitrogen and oxygen atoms in total. The van der Waals surface area contributed by atoms with E-state index in [1.807, 2.05) is 24.3 Å². The topological polar surface area (TPSA) is 75.7 Å². The molecular formula is C21H25ClN2O4S. The first-order valence-electron chi connectivity index (χ1n) is 9.59. The van der Waals surface area contributed by atoms with Crippen molar-refractivity contribution in [3.63, 3.8) is 0 Å². The van der Waals surface area contributed by atoms with Crippen molar-refractivity contribution in [2.24, 2.45) is 0 Å². The lowest BCUT2D eigenvalue weighted by atomic mass is 10.0. The normalized spacial score (nSPS) is 14.9. The fraction of sp³-hybridized carbons (Fsp3) is 0.381. The summed E-state index contributed by atoms with van der Waals surface area (Å²) in [5.74, 6) is 0.150. The van der Waals surface area contributed by atoms with E-state index in [4.69, 9.17) is 16.3 Å². The van der Waals surface area contributed by atoms with Gasteiger partial charge in [0.05, 0.1) is 0 Å². The molecule has 1 saturated heterocycles. The van der Waals surface area contributed by atoms with E-state index in [2.05, 4.69) is 19.2 Å². The van der Waals surface area contributed by atoms with Crippen LogP contribution in [0.3, 0.4) is 0 Å². The van der Waals surface area contributed by atoms with Crippen LogP contribution in [0.4, 0.5) is 5.69 Å². The number of halogens is 1. The van der Waals surface area contributed by atoms with Crippen molar-refractivity contribution >= 4 is 33.2 Å². The first kappa shape index (κ1) is 21.6. The zero-order chi connectivity index (χ0) is 21.0. The Balaban J connectivity index is 1.69. The van der Waals surface area contributed by atoms with Gasteiger partial charge in [-0.1, -0.05) is 37.6 Å². The third-order valence-electron chi connectivity index (χ3n) is 4.81. The zero-order valence-electron chi connectivity index (χ0n) is 16.5. The van der Waals surface area contributed by atoms with Crippen molar-refractivity contribution < 1.29 is 17.9 Å². The molecule has 1 heterocycles. The highest BCUT2D eigenvalue weighted by molar-refractivity contribution is 7.89. The second kappa shape index (κ2) is 9.15. The highest BCUT2D eigenvalue weighted by Crippen LogP contribution is 2.31. The molecule has 156 valence electrons. The van der Waals surface area contributed by atoms with Gasteiger partial charge >= 0.3 is 0 Å². The summed E-state index contributed by atoms with van der Waals surface area (Å²) in [4.78, 5) is 12.3. The number of hydrogen-bond acceptors (Lipinski definition) is 4. The van der Waals surface area contributed by atoms with Crippen LogP contribution >= 0.6 is 11.6 Å². The Morgan fingerprint density at radius 2 is 1.79 bits per heavy atom. The van der Waals surface area contributed by atoms with Crippen LogP contribution in [0.2, 0.25) is 5.02 Å². The van der Waals surface area contributed by atoms with E-state index in [1.54, 1.807) is 6.07 Å². The average molecular weight is 437 g/mol. The maximum atomic E-state index is 12.9. The van der Waals surface area contributed by atoms with E-state index in [1.165, 1.54) is 22.0 Å². The lowest BCUT2D eigenvalue weighted by Crippen LogP contribution is -2.28. The van der Waals surface area contributed by atoms with Gasteiger partial charge in [-0.15, -0.1) is 0 Å². The molecule has 0 aromatic heterocycles. The van der Waals surface area contributed by atoms with Gasteiger partial charge in [-0.25, -0.2) is 8.42 Å². The Kier molecular flexibility index (Phi) is 6.82. The fourth-order valence-electron chi connectivity index (χ4n) is 3.16. The number of carbonyl (C=O) groups is 1. The van der Waals surface area contributed by atoms with E-state index in [0.29, 0.717) is 29.7 Å². The second-order valence-electron chi connectivity index (χ2n) is 7.32. The highest BCUT2D eigenvalue weighted by Gasteiger charge is 2.30. The quantitative estimate of drug-likeness (QED) is 0.703. The van der Waals surface area contributed by atoms with Gasteiger partial charge in [0.15, 0.2) is 6.61 Å².